The lowest BCUT2D eigenvalue weighted by Gasteiger charge is -2.31. The van der Waals surface area contributed by atoms with E-state index in [1.54, 1.807) is 12.1 Å². The Bertz CT molecular complexity index is 1500. The lowest BCUT2D eigenvalue weighted by molar-refractivity contribution is 0.337. The Kier molecular flexibility index (Phi) is 6.51. The highest BCUT2D eigenvalue weighted by atomic mass is 19.1. The van der Waals surface area contributed by atoms with Gasteiger partial charge in [-0.3, -0.25) is 9.98 Å². The molecule has 8 nitrogen and oxygen atoms in total. The van der Waals surface area contributed by atoms with Gasteiger partial charge in [-0.15, -0.1) is 0 Å². The summed E-state index contributed by atoms with van der Waals surface area (Å²) in [6.07, 6.45) is 9.09. The number of nitrogens with zero attached hydrogens (tertiary/aromatic N) is 7. The van der Waals surface area contributed by atoms with E-state index in [0.29, 0.717) is 12.6 Å². The number of pyridine rings is 2. The monoisotopic (exact) mass is 536 g/mol. The minimum absolute atomic E-state index is 0.0820. The van der Waals surface area contributed by atoms with Crippen LogP contribution in [0.5, 0.6) is 0 Å². The number of benzene rings is 1. The fourth-order valence-corrected chi connectivity index (χ4v) is 6.26. The van der Waals surface area contributed by atoms with E-state index in [-0.39, 0.29) is 17.9 Å². The molecule has 2 aromatic heterocycles. The molecule has 9 heteroatoms. The van der Waals surface area contributed by atoms with E-state index in [2.05, 4.69) is 44.4 Å². The number of likely N-dealkylation sites (tertiary alicyclic amines) is 1. The van der Waals surface area contributed by atoms with Gasteiger partial charge in [0, 0.05) is 37.4 Å². The molecule has 1 aromatic carbocycles. The summed E-state index contributed by atoms with van der Waals surface area (Å²) in [5.74, 6) is 2.52. The topological polar surface area (TPSA) is 72.2 Å². The molecule has 0 bridgehead atoms. The van der Waals surface area contributed by atoms with E-state index in [1.165, 1.54) is 6.07 Å². The van der Waals surface area contributed by atoms with E-state index in [9.17, 15) is 4.39 Å². The molecule has 40 heavy (non-hydrogen) atoms. The number of halogens is 1. The highest BCUT2D eigenvalue weighted by Crippen LogP contribution is 2.35. The molecule has 2 saturated heterocycles. The number of nitrogens with one attached hydrogen (secondary N) is 1. The number of likely N-dealkylation sites (N-methyl/N-ethyl adjacent to an activating group) is 1. The normalized spacial score (nSPS) is 23.9. The van der Waals surface area contributed by atoms with Crippen LogP contribution in [0.2, 0.25) is 0 Å². The van der Waals surface area contributed by atoms with Crippen molar-refractivity contribution in [1.82, 2.24) is 25.2 Å². The second-order valence-electron chi connectivity index (χ2n) is 10.8. The van der Waals surface area contributed by atoms with Crippen molar-refractivity contribution in [2.45, 2.75) is 37.4 Å². The molecule has 4 aliphatic rings. The van der Waals surface area contributed by atoms with Crippen LogP contribution in [0.25, 0.3) is 11.3 Å². The van der Waals surface area contributed by atoms with Crippen molar-refractivity contribution in [2.75, 3.05) is 38.1 Å². The van der Waals surface area contributed by atoms with E-state index < -0.39 is 0 Å². The molecule has 204 valence electrons. The summed E-state index contributed by atoms with van der Waals surface area (Å²) in [6, 6.07) is 17.8. The third kappa shape index (κ3) is 4.64. The Morgan fingerprint density at radius 1 is 0.950 bits per heavy atom. The zero-order valence-corrected chi connectivity index (χ0v) is 22.6. The first-order chi connectivity index (χ1) is 19.7. The Hall–Kier alpha value is -4.11. The molecule has 3 aromatic rings. The maximum Gasteiger partial charge on any atom is 0.149 e. The van der Waals surface area contributed by atoms with E-state index in [4.69, 9.17) is 15.1 Å². The molecule has 1 unspecified atom stereocenters. The zero-order valence-electron chi connectivity index (χ0n) is 22.6. The number of hydrogen-bond acceptors (Lipinski definition) is 8. The first-order valence-corrected chi connectivity index (χ1v) is 14.1. The SMILES string of the molecule is CN[C@@H]1CCN(c2cc(-c3cccc(C4CN=C5C=CC(N6CCC[C@@H]6c6cccc(F)c6)=NN54)n3)ccn2)C1. The van der Waals surface area contributed by atoms with Crippen LogP contribution in [0, 0.1) is 5.82 Å². The van der Waals surface area contributed by atoms with Gasteiger partial charge < -0.3 is 15.1 Å². The average Bonchev–Trinajstić information content (AvgIpc) is 3.77. The molecule has 6 heterocycles. The maximum atomic E-state index is 14.0. The summed E-state index contributed by atoms with van der Waals surface area (Å²) in [5.41, 5.74) is 3.90. The Morgan fingerprint density at radius 3 is 2.73 bits per heavy atom. The molecule has 0 aliphatic carbocycles. The van der Waals surface area contributed by atoms with Gasteiger partial charge in [0.25, 0.3) is 0 Å². The van der Waals surface area contributed by atoms with Gasteiger partial charge in [0.15, 0.2) is 0 Å². The van der Waals surface area contributed by atoms with Crippen LogP contribution >= 0.6 is 0 Å². The van der Waals surface area contributed by atoms with E-state index in [0.717, 1.165) is 78.9 Å². The van der Waals surface area contributed by atoms with Crippen LogP contribution in [0.4, 0.5) is 10.2 Å². The van der Waals surface area contributed by atoms with Gasteiger partial charge in [-0.1, -0.05) is 18.2 Å². The number of fused-ring (bicyclic) bond motifs is 1. The van der Waals surface area contributed by atoms with Gasteiger partial charge in [0.1, 0.15) is 29.3 Å². The number of anilines is 1. The van der Waals surface area contributed by atoms with Crippen LogP contribution < -0.4 is 10.2 Å². The molecule has 2 fully saturated rings. The van der Waals surface area contributed by atoms with Crippen molar-refractivity contribution in [1.29, 1.82) is 0 Å². The maximum absolute atomic E-state index is 14.0. The van der Waals surface area contributed by atoms with Crippen LogP contribution in [0.3, 0.4) is 0 Å². The summed E-state index contributed by atoms with van der Waals surface area (Å²) in [7, 11) is 2.02. The van der Waals surface area contributed by atoms with Crippen molar-refractivity contribution >= 4 is 17.5 Å². The third-order valence-corrected chi connectivity index (χ3v) is 8.40. The van der Waals surface area contributed by atoms with E-state index >= 15 is 0 Å². The molecular formula is C31H33FN8. The van der Waals surface area contributed by atoms with Gasteiger partial charge >= 0.3 is 0 Å². The Morgan fingerprint density at radius 2 is 1.85 bits per heavy atom. The first-order valence-electron chi connectivity index (χ1n) is 14.1. The largest absolute Gasteiger partial charge is 0.355 e. The molecular weight excluding hydrogens is 503 g/mol. The van der Waals surface area contributed by atoms with Crippen LogP contribution in [-0.2, 0) is 0 Å². The fraction of sp³-hybridized carbons (Fsp3) is 0.355. The number of amidine groups is 2. The summed E-state index contributed by atoms with van der Waals surface area (Å²) in [4.78, 5) is 19.1. The van der Waals surface area contributed by atoms with Gasteiger partial charge in [0.05, 0.1) is 24.0 Å². The van der Waals surface area contributed by atoms with Gasteiger partial charge in [-0.2, -0.15) is 5.10 Å². The second-order valence-corrected chi connectivity index (χ2v) is 10.8. The fourth-order valence-electron chi connectivity index (χ4n) is 6.26. The van der Waals surface area contributed by atoms with Crippen LogP contribution in [-0.4, -0.2) is 70.8 Å². The molecule has 0 saturated carbocycles. The van der Waals surface area contributed by atoms with Crippen molar-refractivity contribution in [3.63, 3.8) is 0 Å². The van der Waals surface area contributed by atoms with Crippen molar-refractivity contribution < 1.29 is 4.39 Å². The number of hydrogen-bond donors (Lipinski definition) is 1. The Labute approximate surface area is 234 Å². The lowest BCUT2D eigenvalue weighted by atomic mass is 10.0. The highest BCUT2D eigenvalue weighted by Gasteiger charge is 2.35. The summed E-state index contributed by atoms with van der Waals surface area (Å²) in [5, 5.41) is 10.4. The summed E-state index contributed by atoms with van der Waals surface area (Å²) >= 11 is 0. The molecule has 4 aliphatic heterocycles. The molecule has 0 amide bonds. The quantitative estimate of drug-likeness (QED) is 0.516. The van der Waals surface area contributed by atoms with Gasteiger partial charge in [0.2, 0.25) is 0 Å². The highest BCUT2D eigenvalue weighted by molar-refractivity contribution is 6.06. The van der Waals surface area contributed by atoms with Crippen molar-refractivity contribution in [2.24, 2.45) is 10.1 Å². The predicted octanol–water partition coefficient (Wildman–Crippen LogP) is 4.56. The van der Waals surface area contributed by atoms with E-state index in [1.807, 2.05) is 42.5 Å². The molecule has 3 atom stereocenters. The predicted molar refractivity (Wildman–Crippen MR) is 156 cm³/mol. The summed E-state index contributed by atoms with van der Waals surface area (Å²) in [6.45, 7) is 3.45. The third-order valence-electron chi connectivity index (χ3n) is 8.40. The van der Waals surface area contributed by atoms with Crippen molar-refractivity contribution in [3.05, 3.63) is 90.0 Å². The van der Waals surface area contributed by atoms with Crippen molar-refractivity contribution in [3.8, 4) is 11.3 Å². The molecule has 1 N–H and O–H groups in total. The van der Waals surface area contributed by atoms with Gasteiger partial charge in [-0.05, 0) is 80.4 Å². The molecule has 0 radical (unpaired) electrons. The first kappa shape index (κ1) is 24.9. The number of aromatic nitrogens is 2. The standard InChI is InChI=1S/C31H33FN8/c1-33-24-13-16-38(20-24)31-18-21(12-14-34-31)25-7-3-8-26(36-25)28-19-35-29-10-11-30(37-40(28)29)39-15-4-9-27(39)22-5-2-6-23(32)17-22/h2-3,5-8,10-12,14,17-18,24,27-28,33H,4,9,13,15-16,19-20H2,1H3/t24-,27-,28?/m1/s1. The lowest BCUT2D eigenvalue weighted by Crippen LogP contribution is -2.36. The smallest absolute Gasteiger partial charge is 0.149 e. The number of aliphatic imine (C=N–C) groups is 1. The number of hydrazone groups is 1. The minimum Gasteiger partial charge on any atom is -0.355 e. The average molecular weight is 537 g/mol. The molecule has 0 spiro atoms. The summed E-state index contributed by atoms with van der Waals surface area (Å²) < 4.78 is 14.0. The number of rotatable bonds is 5. The van der Waals surface area contributed by atoms with Crippen LogP contribution in [0.1, 0.15) is 42.6 Å². The van der Waals surface area contributed by atoms with Gasteiger partial charge in [-0.25, -0.2) is 14.4 Å². The minimum atomic E-state index is -0.200. The Balaban J connectivity index is 1.14. The second kappa shape index (κ2) is 10.5. The van der Waals surface area contributed by atoms with Crippen LogP contribution in [0.15, 0.2) is 83.0 Å². The molecule has 7 rings (SSSR count). The zero-order chi connectivity index (χ0) is 27.1.